The Morgan fingerprint density at radius 1 is 0.923 bits per heavy atom. The third kappa shape index (κ3) is 4.44. The largest absolute Gasteiger partial charge is 0.352 e. The maximum absolute atomic E-state index is 11.5. The summed E-state index contributed by atoms with van der Waals surface area (Å²) in [7, 11) is 0. The SMILES string of the molecule is NC(=O)NCC(CCN1CCCCC1)(c1ccccc1)c1ccccc1. The highest BCUT2D eigenvalue weighted by molar-refractivity contribution is 5.72. The number of piperidine rings is 1. The number of benzene rings is 2. The quantitative estimate of drug-likeness (QED) is 0.802. The number of rotatable bonds is 7. The number of primary amides is 1. The zero-order chi connectivity index (χ0) is 18.2. The summed E-state index contributed by atoms with van der Waals surface area (Å²) in [6.07, 6.45) is 4.84. The first kappa shape index (κ1) is 18.5. The van der Waals surface area contributed by atoms with Crippen molar-refractivity contribution in [2.24, 2.45) is 5.73 Å². The molecule has 1 fully saturated rings. The van der Waals surface area contributed by atoms with Crippen LogP contribution >= 0.6 is 0 Å². The van der Waals surface area contributed by atoms with Crippen molar-refractivity contribution in [1.82, 2.24) is 10.2 Å². The second-order valence-electron chi connectivity index (χ2n) is 7.18. The molecular formula is C22H29N3O. The maximum Gasteiger partial charge on any atom is 0.312 e. The number of carbonyl (C=O) groups is 1. The van der Waals surface area contributed by atoms with Gasteiger partial charge >= 0.3 is 6.03 Å². The van der Waals surface area contributed by atoms with E-state index >= 15 is 0 Å². The summed E-state index contributed by atoms with van der Waals surface area (Å²) >= 11 is 0. The highest BCUT2D eigenvalue weighted by atomic mass is 16.2. The second kappa shape index (κ2) is 8.86. The zero-order valence-corrected chi connectivity index (χ0v) is 15.4. The topological polar surface area (TPSA) is 58.4 Å². The molecule has 1 aliphatic rings. The van der Waals surface area contributed by atoms with Crippen LogP contribution in [0.2, 0.25) is 0 Å². The molecule has 3 N–H and O–H groups in total. The smallest absolute Gasteiger partial charge is 0.312 e. The number of nitrogens with zero attached hydrogens (tertiary/aromatic N) is 1. The summed E-state index contributed by atoms with van der Waals surface area (Å²) in [5.74, 6) is 0. The number of likely N-dealkylation sites (tertiary alicyclic amines) is 1. The summed E-state index contributed by atoms with van der Waals surface area (Å²) in [5, 5.41) is 2.89. The Balaban J connectivity index is 1.94. The van der Waals surface area contributed by atoms with Gasteiger partial charge in [-0.3, -0.25) is 0 Å². The fraction of sp³-hybridized carbons (Fsp3) is 0.409. The van der Waals surface area contributed by atoms with Crippen LogP contribution in [-0.2, 0) is 5.41 Å². The average molecular weight is 351 g/mol. The molecule has 0 bridgehead atoms. The van der Waals surface area contributed by atoms with Gasteiger partial charge in [0.05, 0.1) is 0 Å². The molecule has 2 amide bonds. The van der Waals surface area contributed by atoms with Gasteiger partial charge in [-0.1, -0.05) is 67.1 Å². The van der Waals surface area contributed by atoms with Gasteiger partial charge in [-0.2, -0.15) is 0 Å². The number of urea groups is 1. The van der Waals surface area contributed by atoms with Gasteiger partial charge in [0.2, 0.25) is 0 Å². The minimum atomic E-state index is -0.473. The van der Waals surface area contributed by atoms with Crippen molar-refractivity contribution < 1.29 is 4.79 Å². The lowest BCUT2D eigenvalue weighted by Gasteiger charge is -2.38. The van der Waals surface area contributed by atoms with Gasteiger partial charge in [-0.05, 0) is 50.0 Å². The van der Waals surface area contributed by atoms with E-state index in [4.69, 9.17) is 5.73 Å². The van der Waals surface area contributed by atoms with E-state index in [1.165, 1.54) is 43.5 Å². The van der Waals surface area contributed by atoms with Gasteiger partial charge in [-0.25, -0.2) is 4.79 Å². The molecule has 0 aromatic heterocycles. The summed E-state index contributed by atoms with van der Waals surface area (Å²) in [4.78, 5) is 14.1. The lowest BCUT2D eigenvalue weighted by atomic mass is 9.71. The Morgan fingerprint density at radius 2 is 1.46 bits per heavy atom. The van der Waals surface area contributed by atoms with E-state index in [0.29, 0.717) is 6.54 Å². The molecule has 2 aromatic rings. The first-order valence-corrected chi connectivity index (χ1v) is 9.57. The van der Waals surface area contributed by atoms with Crippen molar-refractivity contribution in [3.05, 3.63) is 71.8 Å². The van der Waals surface area contributed by atoms with E-state index in [2.05, 4.69) is 58.7 Å². The van der Waals surface area contributed by atoms with Crippen LogP contribution in [0.25, 0.3) is 0 Å². The Kier molecular flexibility index (Phi) is 6.29. The van der Waals surface area contributed by atoms with Gasteiger partial charge in [0, 0.05) is 12.0 Å². The van der Waals surface area contributed by atoms with E-state index in [-0.39, 0.29) is 5.41 Å². The summed E-state index contributed by atoms with van der Waals surface area (Å²) in [5.41, 5.74) is 7.59. The first-order chi connectivity index (χ1) is 12.7. The molecule has 138 valence electrons. The van der Waals surface area contributed by atoms with E-state index in [0.717, 1.165) is 13.0 Å². The van der Waals surface area contributed by atoms with Crippen molar-refractivity contribution in [2.45, 2.75) is 31.1 Å². The monoisotopic (exact) mass is 351 g/mol. The van der Waals surface area contributed by atoms with Crippen LogP contribution in [0.3, 0.4) is 0 Å². The minimum absolute atomic E-state index is 0.283. The normalized spacial score (nSPS) is 15.5. The zero-order valence-electron chi connectivity index (χ0n) is 15.4. The first-order valence-electron chi connectivity index (χ1n) is 9.57. The van der Waals surface area contributed by atoms with Crippen LogP contribution in [-0.4, -0.2) is 37.1 Å². The maximum atomic E-state index is 11.5. The molecule has 4 nitrogen and oxygen atoms in total. The molecule has 0 saturated carbocycles. The number of carbonyl (C=O) groups excluding carboxylic acids is 1. The Hall–Kier alpha value is -2.33. The lowest BCUT2D eigenvalue weighted by Crippen LogP contribution is -2.46. The van der Waals surface area contributed by atoms with Crippen LogP contribution in [0, 0.1) is 0 Å². The second-order valence-corrected chi connectivity index (χ2v) is 7.18. The molecule has 0 aliphatic carbocycles. The summed E-state index contributed by atoms with van der Waals surface area (Å²) in [6, 6.07) is 20.5. The van der Waals surface area contributed by atoms with Crippen LogP contribution < -0.4 is 11.1 Å². The molecule has 0 radical (unpaired) electrons. The highest BCUT2D eigenvalue weighted by Crippen LogP contribution is 2.36. The summed E-state index contributed by atoms with van der Waals surface area (Å²) < 4.78 is 0. The van der Waals surface area contributed by atoms with Crippen LogP contribution in [0.4, 0.5) is 4.79 Å². The standard InChI is InChI=1S/C22H29N3O/c23-21(26)24-18-22(19-10-4-1-5-11-19,20-12-6-2-7-13-20)14-17-25-15-8-3-9-16-25/h1-2,4-7,10-13H,3,8-9,14-18H2,(H3,23,24,26). The predicted octanol–water partition coefficient (Wildman–Crippen LogP) is 3.52. The molecule has 3 rings (SSSR count). The fourth-order valence-corrected chi connectivity index (χ4v) is 4.03. The third-order valence-electron chi connectivity index (χ3n) is 5.52. The van der Waals surface area contributed by atoms with Gasteiger partial charge in [0.15, 0.2) is 0 Å². The van der Waals surface area contributed by atoms with Gasteiger partial charge in [0.25, 0.3) is 0 Å². The Bertz CT molecular complexity index is 642. The highest BCUT2D eigenvalue weighted by Gasteiger charge is 2.35. The molecule has 1 aliphatic heterocycles. The molecule has 2 aromatic carbocycles. The van der Waals surface area contributed by atoms with Crippen molar-refractivity contribution in [1.29, 1.82) is 0 Å². The number of amides is 2. The van der Waals surface area contributed by atoms with Crippen LogP contribution in [0.15, 0.2) is 60.7 Å². The van der Waals surface area contributed by atoms with Gasteiger partial charge in [0.1, 0.15) is 0 Å². The van der Waals surface area contributed by atoms with Crippen molar-refractivity contribution in [3.8, 4) is 0 Å². The van der Waals surface area contributed by atoms with Crippen molar-refractivity contribution in [3.63, 3.8) is 0 Å². The summed E-state index contributed by atoms with van der Waals surface area (Å²) in [6.45, 7) is 3.86. The molecule has 26 heavy (non-hydrogen) atoms. The number of nitrogens with two attached hydrogens (primary N) is 1. The van der Waals surface area contributed by atoms with E-state index < -0.39 is 6.03 Å². The lowest BCUT2D eigenvalue weighted by molar-refractivity contribution is 0.208. The minimum Gasteiger partial charge on any atom is -0.352 e. The number of hydrogen-bond acceptors (Lipinski definition) is 2. The molecule has 0 atom stereocenters. The van der Waals surface area contributed by atoms with Crippen LogP contribution in [0.5, 0.6) is 0 Å². The Morgan fingerprint density at radius 3 is 1.96 bits per heavy atom. The molecule has 1 heterocycles. The van der Waals surface area contributed by atoms with Crippen molar-refractivity contribution >= 4 is 6.03 Å². The predicted molar refractivity (Wildman–Crippen MR) is 106 cm³/mol. The van der Waals surface area contributed by atoms with E-state index in [1.807, 2.05) is 12.1 Å². The Labute approximate surface area is 156 Å². The molecule has 1 saturated heterocycles. The number of hydrogen-bond donors (Lipinski definition) is 2. The molecule has 4 heteroatoms. The van der Waals surface area contributed by atoms with Gasteiger partial charge < -0.3 is 16.0 Å². The average Bonchev–Trinajstić information content (AvgIpc) is 2.70. The molecule has 0 spiro atoms. The van der Waals surface area contributed by atoms with E-state index in [9.17, 15) is 4.79 Å². The molecular weight excluding hydrogens is 322 g/mol. The molecule has 0 unspecified atom stereocenters. The van der Waals surface area contributed by atoms with Gasteiger partial charge in [-0.15, -0.1) is 0 Å². The number of nitrogens with one attached hydrogen (secondary N) is 1. The third-order valence-corrected chi connectivity index (χ3v) is 5.52. The van der Waals surface area contributed by atoms with Crippen molar-refractivity contribution in [2.75, 3.05) is 26.2 Å². The fourth-order valence-electron chi connectivity index (χ4n) is 4.03. The van der Waals surface area contributed by atoms with Crippen LogP contribution in [0.1, 0.15) is 36.8 Å². The van der Waals surface area contributed by atoms with E-state index in [1.54, 1.807) is 0 Å².